The summed E-state index contributed by atoms with van der Waals surface area (Å²) < 4.78 is 32.7. The number of hydrogen-bond acceptors (Lipinski definition) is 4. The molecule has 1 heterocycles. The molecule has 1 atom stereocenters. The molecular formula is C21H21F2N3O4. The molecule has 1 saturated heterocycles. The number of methoxy groups -OCH3 is 1. The SMILES string of the molecule is CCC1(c2ccc(OC)c(C)c2)NC(=O)N(CC(=O)Nc2c(F)cccc2F)C1=O. The predicted molar refractivity (Wildman–Crippen MR) is 105 cm³/mol. The van der Waals surface area contributed by atoms with Crippen molar-refractivity contribution in [2.75, 3.05) is 19.0 Å². The zero-order valence-electron chi connectivity index (χ0n) is 16.7. The molecule has 9 heteroatoms. The summed E-state index contributed by atoms with van der Waals surface area (Å²) in [5.74, 6) is -2.82. The Labute approximate surface area is 172 Å². The number of amides is 4. The van der Waals surface area contributed by atoms with E-state index < -0.39 is 47.3 Å². The zero-order valence-corrected chi connectivity index (χ0v) is 16.7. The van der Waals surface area contributed by atoms with Crippen LogP contribution in [-0.4, -0.2) is 36.4 Å². The number of halogens is 2. The lowest BCUT2D eigenvalue weighted by molar-refractivity contribution is -0.134. The van der Waals surface area contributed by atoms with Crippen molar-refractivity contribution in [3.63, 3.8) is 0 Å². The number of rotatable bonds is 6. The molecule has 0 radical (unpaired) electrons. The fraction of sp³-hybridized carbons (Fsp3) is 0.286. The Morgan fingerprint density at radius 1 is 1.20 bits per heavy atom. The quantitative estimate of drug-likeness (QED) is 0.707. The highest BCUT2D eigenvalue weighted by atomic mass is 19.1. The summed E-state index contributed by atoms with van der Waals surface area (Å²) in [5.41, 5.74) is -0.666. The first kappa shape index (κ1) is 21.2. The summed E-state index contributed by atoms with van der Waals surface area (Å²) in [6, 6.07) is 7.47. The minimum absolute atomic E-state index is 0.239. The van der Waals surface area contributed by atoms with E-state index in [2.05, 4.69) is 10.6 Å². The van der Waals surface area contributed by atoms with Crippen LogP contribution >= 0.6 is 0 Å². The Morgan fingerprint density at radius 2 is 1.87 bits per heavy atom. The van der Waals surface area contributed by atoms with Crippen LogP contribution in [0.3, 0.4) is 0 Å². The average molecular weight is 417 g/mol. The molecule has 2 N–H and O–H groups in total. The Morgan fingerprint density at radius 3 is 2.43 bits per heavy atom. The summed E-state index contributed by atoms with van der Waals surface area (Å²) >= 11 is 0. The lowest BCUT2D eigenvalue weighted by Crippen LogP contribution is -2.44. The topological polar surface area (TPSA) is 87.7 Å². The van der Waals surface area contributed by atoms with E-state index in [9.17, 15) is 23.2 Å². The van der Waals surface area contributed by atoms with E-state index in [1.807, 2.05) is 0 Å². The van der Waals surface area contributed by atoms with Gasteiger partial charge in [-0.2, -0.15) is 0 Å². The van der Waals surface area contributed by atoms with Crippen LogP contribution in [0.15, 0.2) is 36.4 Å². The number of imide groups is 1. The van der Waals surface area contributed by atoms with Crippen LogP contribution in [-0.2, 0) is 15.1 Å². The summed E-state index contributed by atoms with van der Waals surface area (Å²) in [6.45, 7) is 2.85. The molecule has 0 aliphatic carbocycles. The number of para-hydroxylation sites is 1. The number of anilines is 1. The number of nitrogens with zero attached hydrogens (tertiary/aromatic N) is 1. The fourth-order valence-corrected chi connectivity index (χ4v) is 3.49. The van der Waals surface area contributed by atoms with E-state index >= 15 is 0 Å². The first-order valence-electron chi connectivity index (χ1n) is 9.26. The molecule has 1 unspecified atom stereocenters. The standard InChI is InChI=1S/C21H21F2N3O4/c1-4-21(13-8-9-16(30-3)12(2)10-13)19(28)26(20(29)25-21)11-17(27)24-18-14(22)6-5-7-15(18)23/h5-10H,4,11H2,1-3H3,(H,24,27)(H,25,29). The highest BCUT2D eigenvalue weighted by Gasteiger charge is 2.51. The van der Waals surface area contributed by atoms with Crippen molar-refractivity contribution in [1.82, 2.24) is 10.2 Å². The Bertz CT molecular complexity index is 1010. The minimum atomic E-state index is -1.35. The Balaban J connectivity index is 1.84. The molecule has 3 rings (SSSR count). The van der Waals surface area contributed by atoms with Gasteiger partial charge in [0.1, 0.15) is 35.2 Å². The second-order valence-electron chi connectivity index (χ2n) is 6.91. The number of carbonyl (C=O) groups excluding carboxylic acids is 3. The summed E-state index contributed by atoms with van der Waals surface area (Å²) in [5, 5.41) is 4.73. The molecule has 4 amide bonds. The molecule has 1 fully saturated rings. The van der Waals surface area contributed by atoms with Crippen LogP contribution in [0.5, 0.6) is 5.75 Å². The van der Waals surface area contributed by atoms with Crippen molar-refractivity contribution >= 4 is 23.5 Å². The van der Waals surface area contributed by atoms with Gasteiger partial charge in [-0.1, -0.05) is 19.1 Å². The predicted octanol–water partition coefficient (Wildman–Crippen LogP) is 3.08. The largest absolute Gasteiger partial charge is 0.496 e. The molecule has 0 saturated carbocycles. The maximum Gasteiger partial charge on any atom is 0.325 e. The number of hydrogen-bond donors (Lipinski definition) is 2. The van der Waals surface area contributed by atoms with Gasteiger partial charge in [0, 0.05) is 0 Å². The van der Waals surface area contributed by atoms with Crippen LogP contribution in [0.1, 0.15) is 24.5 Å². The molecule has 2 aromatic carbocycles. The van der Waals surface area contributed by atoms with Crippen molar-refractivity contribution in [2.24, 2.45) is 0 Å². The second kappa shape index (κ2) is 8.10. The number of benzene rings is 2. The van der Waals surface area contributed by atoms with Gasteiger partial charge in [0.2, 0.25) is 5.91 Å². The van der Waals surface area contributed by atoms with E-state index in [4.69, 9.17) is 4.74 Å². The molecule has 0 bridgehead atoms. The van der Waals surface area contributed by atoms with Crippen molar-refractivity contribution < 1.29 is 27.9 Å². The Hall–Kier alpha value is -3.49. The summed E-state index contributed by atoms with van der Waals surface area (Å²) in [6.07, 6.45) is 0.239. The third-order valence-electron chi connectivity index (χ3n) is 5.12. The van der Waals surface area contributed by atoms with Gasteiger partial charge in [-0.15, -0.1) is 0 Å². The van der Waals surface area contributed by atoms with Gasteiger partial charge in [-0.05, 0) is 48.7 Å². The lowest BCUT2D eigenvalue weighted by atomic mass is 9.86. The number of nitrogens with one attached hydrogen (secondary N) is 2. The summed E-state index contributed by atoms with van der Waals surface area (Å²) in [7, 11) is 1.53. The van der Waals surface area contributed by atoms with Crippen molar-refractivity contribution in [3.05, 3.63) is 59.2 Å². The third-order valence-corrected chi connectivity index (χ3v) is 5.12. The lowest BCUT2D eigenvalue weighted by Gasteiger charge is -2.26. The van der Waals surface area contributed by atoms with Crippen molar-refractivity contribution in [1.29, 1.82) is 0 Å². The molecule has 0 aromatic heterocycles. The average Bonchev–Trinajstić information content (AvgIpc) is 2.96. The van der Waals surface area contributed by atoms with Gasteiger partial charge in [0.05, 0.1) is 7.11 Å². The monoisotopic (exact) mass is 417 g/mol. The van der Waals surface area contributed by atoms with Gasteiger partial charge in [0.25, 0.3) is 5.91 Å². The van der Waals surface area contributed by atoms with E-state index in [0.717, 1.165) is 28.7 Å². The molecule has 1 aliphatic heterocycles. The molecule has 2 aromatic rings. The van der Waals surface area contributed by atoms with Gasteiger partial charge in [0.15, 0.2) is 0 Å². The molecule has 158 valence electrons. The van der Waals surface area contributed by atoms with Crippen molar-refractivity contribution in [2.45, 2.75) is 25.8 Å². The second-order valence-corrected chi connectivity index (χ2v) is 6.91. The molecule has 30 heavy (non-hydrogen) atoms. The maximum atomic E-state index is 13.8. The van der Waals surface area contributed by atoms with E-state index in [1.54, 1.807) is 32.0 Å². The van der Waals surface area contributed by atoms with Crippen LogP contribution in [0.4, 0.5) is 19.3 Å². The minimum Gasteiger partial charge on any atom is -0.496 e. The van der Waals surface area contributed by atoms with Crippen LogP contribution in [0, 0.1) is 18.6 Å². The van der Waals surface area contributed by atoms with Crippen molar-refractivity contribution in [3.8, 4) is 5.75 Å². The normalized spacial score (nSPS) is 18.4. The molecule has 7 nitrogen and oxygen atoms in total. The summed E-state index contributed by atoms with van der Waals surface area (Å²) in [4.78, 5) is 38.7. The number of aryl methyl sites for hydroxylation is 1. The highest BCUT2D eigenvalue weighted by molar-refractivity contribution is 6.10. The van der Waals surface area contributed by atoms with Gasteiger partial charge >= 0.3 is 6.03 Å². The third kappa shape index (κ3) is 3.58. The fourth-order valence-electron chi connectivity index (χ4n) is 3.49. The Kier molecular flexibility index (Phi) is 5.73. The van der Waals surface area contributed by atoms with E-state index in [1.165, 1.54) is 7.11 Å². The first-order valence-corrected chi connectivity index (χ1v) is 9.26. The molecule has 0 spiro atoms. The van der Waals surface area contributed by atoms with Gasteiger partial charge in [-0.3, -0.25) is 14.5 Å². The van der Waals surface area contributed by atoms with E-state index in [0.29, 0.717) is 11.3 Å². The number of carbonyl (C=O) groups is 3. The first-order chi connectivity index (χ1) is 14.2. The smallest absolute Gasteiger partial charge is 0.325 e. The highest BCUT2D eigenvalue weighted by Crippen LogP contribution is 2.34. The molecule has 1 aliphatic rings. The maximum absolute atomic E-state index is 13.8. The van der Waals surface area contributed by atoms with Gasteiger partial charge < -0.3 is 15.4 Å². The van der Waals surface area contributed by atoms with Gasteiger partial charge in [-0.25, -0.2) is 13.6 Å². The molecular weight excluding hydrogens is 396 g/mol. The van der Waals surface area contributed by atoms with Crippen LogP contribution in [0.25, 0.3) is 0 Å². The zero-order chi connectivity index (χ0) is 22.1. The van der Waals surface area contributed by atoms with Crippen LogP contribution in [0.2, 0.25) is 0 Å². The number of ether oxygens (including phenoxy) is 1. The number of urea groups is 1. The van der Waals surface area contributed by atoms with Crippen LogP contribution < -0.4 is 15.4 Å². The van der Waals surface area contributed by atoms with E-state index in [-0.39, 0.29) is 6.42 Å².